The Kier molecular flexibility index (Phi) is 3.50. The van der Waals surface area contributed by atoms with Gasteiger partial charge >= 0.3 is 5.76 Å². The minimum atomic E-state index is -0.519. The monoisotopic (exact) mass is 302 g/mol. The summed E-state index contributed by atoms with van der Waals surface area (Å²) >= 11 is 5.80. The highest BCUT2D eigenvalue weighted by Crippen LogP contribution is 2.16. The molecule has 0 bridgehead atoms. The Morgan fingerprint density at radius 2 is 1.95 bits per heavy atom. The number of oxazole rings is 1. The van der Waals surface area contributed by atoms with E-state index in [4.69, 9.17) is 16.0 Å². The molecule has 0 unspecified atom stereocenters. The Morgan fingerprint density at radius 1 is 1.19 bits per heavy atom. The number of carbonyl (C=O) groups is 1. The van der Waals surface area contributed by atoms with Crippen LogP contribution in [-0.2, 0) is 11.2 Å². The molecular formula is C15H11ClN2O3. The van der Waals surface area contributed by atoms with Crippen LogP contribution in [0.2, 0.25) is 5.02 Å². The molecule has 21 heavy (non-hydrogen) atoms. The van der Waals surface area contributed by atoms with Crippen molar-refractivity contribution in [1.82, 2.24) is 4.98 Å². The molecule has 0 atom stereocenters. The van der Waals surface area contributed by atoms with Crippen molar-refractivity contribution in [3.05, 3.63) is 63.6 Å². The molecule has 1 amide bonds. The van der Waals surface area contributed by atoms with Crippen LogP contribution in [0.4, 0.5) is 5.69 Å². The lowest BCUT2D eigenvalue weighted by Crippen LogP contribution is -2.14. The van der Waals surface area contributed by atoms with Gasteiger partial charge in [0.15, 0.2) is 5.58 Å². The third-order valence-corrected chi connectivity index (χ3v) is 3.23. The second-order valence-electron chi connectivity index (χ2n) is 4.58. The van der Waals surface area contributed by atoms with E-state index < -0.39 is 5.76 Å². The Hall–Kier alpha value is -2.53. The van der Waals surface area contributed by atoms with Crippen LogP contribution in [-0.4, -0.2) is 10.9 Å². The molecule has 0 aliphatic carbocycles. The molecule has 0 spiro atoms. The van der Waals surface area contributed by atoms with E-state index in [9.17, 15) is 9.59 Å². The first-order chi connectivity index (χ1) is 10.1. The van der Waals surface area contributed by atoms with E-state index in [1.807, 2.05) is 0 Å². The van der Waals surface area contributed by atoms with Crippen LogP contribution >= 0.6 is 11.6 Å². The zero-order valence-corrected chi connectivity index (χ0v) is 11.6. The van der Waals surface area contributed by atoms with Crippen LogP contribution in [0, 0.1) is 0 Å². The number of aromatic nitrogens is 1. The summed E-state index contributed by atoms with van der Waals surface area (Å²) in [6, 6.07) is 12.1. The predicted molar refractivity (Wildman–Crippen MR) is 80.6 cm³/mol. The third-order valence-electron chi connectivity index (χ3n) is 2.98. The average molecular weight is 303 g/mol. The van der Waals surface area contributed by atoms with Crippen molar-refractivity contribution in [2.24, 2.45) is 0 Å². The number of hydrogen-bond acceptors (Lipinski definition) is 3. The first-order valence-electron chi connectivity index (χ1n) is 6.27. The Morgan fingerprint density at radius 3 is 2.71 bits per heavy atom. The summed E-state index contributed by atoms with van der Waals surface area (Å²) in [6.45, 7) is 0. The average Bonchev–Trinajstić information content (AvgIpc) is 2.80. The van der Waals surface area contributed by atoms with E-state index in [0.29, 0.717) is 21.8 Å². The molecule has 0 radical (unpaired) electrons. The topological polar surface area (TPSA) is 75.1 Å². The van der Waals surface area contributed by atoms with Crippen molar-refractivity contribution in [2.75, 3.05) is 5.32 Å². The van der Waals surface area contributed by atoms with Gasteiger partial charge in [0.05, 0.1) is 11.9 Å². The fraction of sp³-hybridized carbons (Fsp3) is 0.0667. The molecule has 0 saturated heterocycles. The summed E-state index contributed by atoms with van der Waals surface area (Å²) in [5.41, 5.74) is 2.47. The number of aromatic amines is 1. The maximum absolute atomic E-state index is 12.0. The van der Waals surface area contributed by atoms with Crippen LogP contribution in [0.5, 0.6) is 0 Å². The molecule has 3 aromatic rings. The fourth-order valence-corrected chi connectivity index (χ4v) is 2.15. The summed E-state index contributed by atoms with van der Waals surface area (Å²) in [5.74, 6) is -0.669. The molecule has 106 valence electrons. The molecular weight excluding hydrogens is 292 g/mol. The van der Waals surface area contributed by atoms with Crippen LogP contribution in [0.1, 0.15) is 5.56 Å². The maximum Gasteiger partial charge on any atom is 0.417 e. The van der Waals surface area contributed by atoms with E-state index in [1.165, 1.54) is 0 Å². The molecule has 6 heteroatoms. The highest BCUT2D eigenvalue weighted by Gasteiger charge is 2.06. The first kappa shape index (κ1) is 13.5. The van der Waals surface area contributed by atoms with Gasteiger partial charge in [-0.2, -0.15) is 0 Å². The first-order valence-corrected chi connectivity index (χ1v) is 6.65. The number of fused-ring (bicyclic) bond motifs is 1. The van der Waals surface area contributed by atoms with Crippen molar-refractivity contribution < 1.29 is 9.21 Å². The quantitative estimate of drug-likeness (QED) is 0.781. The van der Waals surface area contributed by atoms with E-state index in [1.54, 1.807) is 42.5 Å². The molecule has 3 rings (SSSR count). The Labute approximate surface area is 124 Å². The predicted octanol–water partition coefficient (Wildman–Crippen LogP) is 2.96. The highest BCUT2D eigenvalue weighted by atomic mass is 35.5. The van der Waals surface area contributed by atoms with Crippen molar-refractivity contribution in [3.8, 4) is 0 Å². The zero-order valence-electron chi connectivity index (χ0n) is 10.9. The largest absolute Gasteiger partial charge is 0.417 e. The number of rotatable bonds is 3. The molecule has 0 saturated carbocycles. The minimum absolute atomic E-state index is 0.150. The SMILES string of the molecule is O=C(Cc1ccc(Cl)cc1)Nc1ccc2oc(=O)[nH]c2c1. The molecule has 5 nitrogen and oxygen atoms in total. The van der Waals surface area contributed by atoms with E-state index in [2.05, 4.69) is 10.3 Å². The normalized spacial score (nSPS) is 10.7. The highest BCUT2D eigenvalue weighted by molar-refractivity contribution is 6.30. The molecule has 2 N–H and O–H groups in total. The van der Waals surface area contributed by atoms with Crippen LogP contribution in [0.25, 0.3) is 11.1 Å². The van der Waals surface area contributed by atoms with Gasteiger partial charge in [-0.3, -0.25) is 9.78 Å². The van der Waals surface area contributed by atoms with Gasteiger partial charge < -0.3 is 9.73 Å². The van der Waals surface area contributed by atoms with Gasteiger partial charge in [-0.15, -0.1) is 0 Å². The van der Waals surface area contributed by atoms with Gasteiger partial charge in [-0.1, -0.05) is 23.7 Å². The lowest BCUT2D eigenvalue weighted by Gasteiger charge is -2.05. The standard InChI is InChI=1S/C15H11ClN2O3/c16-10-3-1-9(2-4-10)7-14(19)17-11-5-6-13-12(8-11)18-15(20)21-13/h1-6,8H,7H2,(H,17,19)(H,18,20). The molecule has 1 aromatic heterocycles. The minimum Gasteiger partial charge on any atom is -0.408 e. The van der Waals surface area contributed by atoms with Crippen molar-refractivity contribution >= 4 is 34.3 Å². The van der Waals surface area contributed by atoms with Crippen LogP contribution < -0.4 is 11.1 Å². The number of carbonyl (C=O) groups excluding carboxylic acids is 1. The van der Waals surface area contributed by atoms with Gasteiger partial charge in [0, 0.05) is 10.7 Å². The summed E-state index contributed by atoms with van der Waals surface area (Å²) in [6.07, 6.45) is 0.247. The number of hydrogen-bond donors (Lipinski definition) is 2. The second kappa shape index (κ2) is 5.46. The molecule has 0 fully saturated rings. The molecule has 1 heterocycles. The van der Waals surface area contributed by atoms with Crippen molar-refractivity contribution in [2.45, 2.75) is 6.42 Å². The van der Waals surface area contributed by atoms with Crippen molar-refractivity contribution in [1.29, 1.82) is 0 Å². The molecule has 0 aliphatic rings. The second-order valence-corrected chi connectivity index (χ2v) is 5.01. The zero-order chi connectivity index (χ0) is 14.8. The lowest BCUT2D eigenvalue weighted by atomic mass is 10.1. The van der Waals surface area contributed by atoms with Gasteiger partial charge in [0.25, 0.3) is 0 Å². The van der Waals surface area contributed by atoms with Gasteiger partial charge in [0.2, 0.25) is 5.91 Å². The lowest BCUT2D eigenvalue weighted by molar-refractivity contribution is -0.115. The number of halogens is 1. The molecule has 2 aromatic carbocycles. The number of nitrogens with one attached hydrogen (secondary N) is 2. The van der Waals surface area contributed by atoms with E-state index in [-0.39, 0.29) is 12.3 Å². The summed E-state index contributed by atoms with van der Waals surface area (Å²) in [5, 5.41) is 3.40. The van der Waals surface area contributed by atoms with Crippen LogP contribution in [0.3, 0.4) is 0 Å². The summed E-state index contributed by atoms with van der Waals surface area (Å²) in [7, 11) is 0. The summed E-state index contributed by atoms with van der Waals surface area (Å²) < 4.78 is 4.90. The number of amides is 1. The fourth-order valence-electron chi connectivity index (χ4n) is 2.02. The Balaban J connectivity index is 1.73. The van der Waals surface area contributed by atoms with Gasteiger partial charge in [0.1, 0.15) is 0 Å². The third kappa shape index (κ3) is 3.14. The van der Waals surface area contributed by atoms with Crippen LogP contribution in [0.15, 0.2) is 51.7 Å². The van der Waals surface area contributed by atoms with E-state index >= 15 is 0 Å². The molecule has 0 aliphatic heterocycles. The Bertz CT molecular complexity index is 849. The smallest absolute Gasteiger partial charge is 0.408 e. The van der Waals surface area contributed by atoms with Crippen molar-refractivity contribution in [3.63, 3.8) is 0 Å². The summed E-state index contributed by atoms with van der Waals surface area (Å²) in [4.78, 5) is 25.6. The number of anilines is 1. The van der Waals surface area contributed by atoms with E-state index in [0.717, 1.165) is 5.56 Å². The number of H-pyrrole nitrogens is 1. The van der Waals surface area contributed by atoms with Gasteiger partial charge in [-0.25, -0.2) is 4.79 Å². The van der Waals surface area contributed by atoms with Gasteiger partial charge in [-0.05, 0) is 35.9 Å². The number of benzene rings is 2. The maximum atomic E-state index is 12.0.